The van der Waals surface area contributed by atoms with Crippen LogP contribution in [-0.4, -0.2) is 8.97 Å². The summed E-state index contributed by atoms with van der Waals surface area (Å²) in [6, 6.07) is 55.5. The lowest BCUT2D eigenvalue weighted by molar-refractivity contribution is 1.18. The molecule has 0 aliphatic rings. The van der Waals surface area contributed by atoms with E-state index >= 15 is 0 Å². The number of fused-ring (bicyclic) bond motifs is 8. The standard InChI is InChI=1S/C43H26N2O/c46-43-35-24-23-29(26-37(35)34-19-9-18-33-32-15-4-6-20-38(32)45(43)42(33)34)28-13-8-14-30(25-28)44-39-21-7-5-16-36(39)41-31(17-10-22-40(41)44)27-11-2-1-3-12-27/h1-26H. The SMILES string of the molecule is O=c1c2ccc(-c3cccc(-n4c5ccccc5c5c(-c6ccccc6)cccc54)c3)cc2c2cccc3c4ccccc4n1c23. The van der Waals surface area contributed by atoms with E-state index in [1.54, 1.807) is 0 Å². The maximum atomic E-state index is 14.0. The fraction of sp³-hybridized carbons (Fsp3) is 0. The predicted molar refractivity (Wildman–Crippen MR) is 193 cm³/mol. The van der Waals surface area contributed by atoms with Crippen LogP contribution in [0.4, 0.5) is 0 Å². The Morgan fingerprint density at radius 1 is 0.391 bits per heavy atom. The molecule has 0 fully saturated rings. The number of hydrogen-bond acceptors (Lipinski definition) is 1. The molecule has 3 heterocycles. The molecule has 3 heteroatoms. The van der Waals surface area contributed by atoms with Crippen molar-refractivity contribution in [1.29, 1.82) is 0 Å². The molecule has 0 amide bonds. The second-order valence-electron chi connectivity index (χ2n) is 12.1. The Labute approximate surface area is 264 Å². The van der Waals surface area contributed by atoms with Crippen LogP contribution in [0.15, 0.2) is 163 Å². The molecular formula is C43H26N2O. The van der Waals surface area contributed by atoms with E-state index in [1.807, 2.05) is 28.7 Å². The second kappa shape index (κ2) is 9.40. The Morgan fingerprint density at radius 3 is 1.89 bits per heavy atom. The molecule has 0 unspecified atom stereocenters. The first-order valence-electron chi connectivity index (χ1n) is 15.7. The van der Waals surface area contributed by atoms with Crippen LogP contribution in [0, 0.1) is 0 Å². The largest absolute Gasteiger partial charge is 0.309 e. The summed E-state index contributed by atoms with van der Waals surface area (Å²) < 4.78 is 4.27. The summed E-state index contributed by atoms with van der Waals surface area (Å²) >= 11 is 0. The fourth-order valence-electron chi connectivity index (χ4n) is 7.68. The number of rotatable bonds is 3. The van der Waals surface area contributed by atoms with E-state index in [-0.39, 0.29) is 5.56 Å². The number of para-hydroxylation sites is 3. The van der Waals surface area contributed by atoms with Crippen LogP contribution >= 0.6 is 0 Å². The molecule has 0 saturated heterocycles. The van der Waals surface area contributed by atoms with Gasteiger partial charge in [-0.3, -0.25) is 9.20 Å². The summed E-state index contributed by atoms with van der Waals surface area (Å²) in [4.78, 5) is 14.0. The zero-order valence-corrected chi connectivity index (χ0v) is 24.8. The van der Waals surface area contributed by atoms with Crippen LogP contribution in [0.25, 0.3) is 87.7 Å². The lowest BCUT2D eigenvalue weighted by Crippen LogP contribution is -2.12. The van der Waals surface area contributed by atoms with Gasteiger partial charge in [0.05, 0.1) is 22.1 Å². The molecule has 3 nitrogen and oxygen atoms in total. The molecule has 10 rings (SSSR count). The summed E-state index contributed by atoms with van der Waals surface area (Å²) in [6.45, 7) is 0. The van der Waals surface area contributed by atoms with Crippen molar-refractivity contribution in [3.05, 3.63) is 168 Å². The van der Waals surface area contributed by atoms with Gasteiger partial charge in [0.15, 0.2) is 0 Å². The van der Waals surface area contributed by atoms with Crippen LogP contribution in [0.5, 0.6) is 0 Å². The van der Waals surface area contributed by atoms with Crippen molar-refractivity contribution in [1.82, 2.24) is 8.97 Å². The first-order valence-corrected chi connectivity index (χ1v) is 15.7. The molecule has 46 heavy (non-hydrogen) atoms. The number of aromatic nitrogens is 2. The van der Waals surface area contributed by atoms with Crippen LogP contribution < -0.4 is 5.56 Å². The van der Waals surface area contributed by atoms with Crippen LogP contribution in [0.1, 0.15) is 0 Å². The average molecular weight is 587 g/mol. The zero-order valence-electron chi connectivity index (χ0n) is 24.8. The minimum atomic E-state index is 0.0275. The van der Waals surface area contributed by atoms with Gasteiger partial charge in [0, 0.05) is 38.0 Å². The number of benzene rings is 7. The van der Waals surface area contributed by atoms with E-state index in [9.17, 15) is 4.79 Å². The maximum Gasteiger partial charge on any atom is 0.263 e. The molecule has 10 aromatic rings. The molecule has 214 valence electrons. The van der Waals surface area contributed by atoms with Crippen molar-refractivity contribution >= 4 is 59.8 Å². The quantitative estimate of drug-likeness (QED) is 0.189. The van der Waals surface area contributed by atoms with E-state index in [4.69, 9.17) is 0 Å². The molecule has 3 aromatic heterocycles. The minimum absolute atomic E-state index is 0.0275. The normalized spacial score (nSPS) is 12.0. The van der Waals surface area contributed by atoms with Gasteiger partial charge >= 0.3 is 0 Å². The smallest absolute Gasteiger partial charge is 0.263 e. The van der Waals surface area contributed by atoms with Gasteiger partial charge in [-0.05, 0) is 70.1 Å². The Hall–Kier alpha value is -6.19. The Morgan fingerprint density at radius 2 is 1.02 bits per heavy atom. The highest BCUT2D eigenvalue weighted by atomic mass is 16.1. The highest BCUT2D eigenvalue weighted by molar-refractivity contribution is 6.20. The summed E-state index contributed by atoms with van der Waals surface area (Å²) in [6.07, 6.45) is 0. The van der Waals surface area contributed by atoms with Crippen molar-refractivity contribution < 1.29 is 0 Å². The van der Waals surface area contributed by atoms with Gasteiger partial charge in [-0.15, -0.1) is 0 Å². The molecule has 0 aliphatic carbocycles. The third-order valence-corrected chi connectivity index (χ3v) is 9.66. The summed E-state index contributed by atoms with van der Waals surface area (Å²) in [5.41, 5.74) is 10.1. The Balaban J connectivity index is 1.20. The van der Waals surface area contributed by atoms with Crippen molar-refractivity contribution in [3.63, 3.8) is 0 Å². The molecule has 0 spiro atoms. The highest BCUT2D eigenvalue weighted by Crippen LogP contribution is 2.40. The lowest BCUT2D eigenvalue weighted by Gasteiger charge is -2.12. The van der Waals surface area contributed by atoms with E-state index < -0.39 is 0 Å². The van der Waals surface area contributed by atoms with Crippen LogP contribution in [0.2, 0.25) is 0 Å². The molecule has 0 radical (unpaired) electrons. The van der Waals surface area contributed by atoms with Crippen molar-refractivity contribution in [3.8, 4) is 27.9 Å². The second-order valence-corrected chi connectivity index (χ2v) is 12.1. The summed E-state index contributed by atoms with van der Waals surface area (Å²) in [5, 5.41) is 7.52. The fourth-order valence-corrected chi connectivity index (χ4v) is 7.68. The number of hydrogen-bond donors (Lipinski definition) is 0. The molecule has 7 aromatic carbocycles. The first-order chi connectivity index (χ1) is 22.8. The third-order valence-electron chi connectivity index (χ3n) is 9.66. The van der Waals surface area contributed by atoms with Crippen LogP contribution in [0.3, 0.4) is 0 Å². The minimum Gasteiger partial charge on any atom is -0.309 e. The van der Waals surface area contributed by atoms with Gasteiger partial charge in [-0.2, -0.15) is 0 Å². The molecular weight excluding hydrogens is 560 g/mol. The monoisotopic (exact) mass is 586 g/mol. The molecule has 0 bridgehead atoms. The maximum absolute atomic E-state index is 14.0. The van der Waals surface area contributed by atoms with Crippen molar-refractivity contribution in [2.45, 2.75) is 0 Å². The average Bonchev–Trinajstić information content (AvgIpc) is 3.65. The lowest BCUT2D eigenvalue weighted by atomic mass is 9.98. The third kappa shape index (κ3) is 3.40. The molecule has 0 N–H and O–H groups in total. The van der Waals surface area contributed by atoms with Gasteiger partial charge in [-0.1, -0.05) is 115 Å². The first kappa shape index (κ1) is 25.2. The number of nitrogens with zero attached hydrogens (tertiary/aromatic N) is 2. The van der Waals surface area contributed by atoms with Crippen molar-refractivity contribution in [2.75, 3.05) is 0 Å². The topological polar surface area (TPSA) is 26.4 Å². The van der Waals surface area contributed by atoms with E-state index in [1.165, 1.54) is 32.9 Å². The van der Waals surface area contributed by atoms with Gasteiger partial charge in [0.25, 0.3) is 5.56 Å². The van der Waals surface area contributed by atoms with Gasteiger partial charge in [0.2, 0.25) is 0 Å². The molecule has 0 atom stereocenters. The molecule has 0 saturated carbocycles. The van der Waals surface area contributed by atoms with Gasteiger partial charge in [0.1, 0.15) is 0 Å². The highest BCUT2D eigenvalue weighted by Gasteiger charge is 2.18. The Kier molecular flexibility index (Phi) is 5.15. The van der Waals surface area contributed by atoms with Crippen molar-refractivity contribution in [2.24, 2.45) is 0 Å². The van der Waals surface area contributed by atoms with Gasteiger partial charge in [-0.25, -0.2) is 0 Å². The summed E-state index contributed by atoms with van der Waals surface area (Å²) in [7, 11) is 0. The van der Waals surface area contributed by atoms with E-state index in [0.717, 1.165) is 54.8 Å². The zero-order chi connectivity index (χ0) is 30.4. The number of pyridine rings is 1. The van der Waals surface area contributed by atoms with Gasteiger partial charge < -0.3 is 4.57 Å². The van der Waals surface area contributed by atoms with Crippen LogP contribution in [-0.2, 0) is 0 Å². The van der Waals surface area contributed by atoms with E-state index in [0.29, 0.717) is 0 Å². The Bertz CT molecular complexity index is 2880. The summed E-state index contributed by atoms with van der Waals surface area (Å²) in [5.74, 6) is 0. The predicted octanol–water partition coefficient (Wildman–Crippen LogP) is 10.6. The molecule has 0 aliphatic heterocycles. The van der Waals surface area contributed by atoms with E-state index in [2.05, 4.69) is 138 Å².